The van der Waals surface area contributed by atoms with E-state index in [4.69, 9.17) is 22.1 Å². The van der Waals surface area contributed by atoms with E-state index in [1.807, 2.05) is 69.1 Å². The molecular weight excluding hydrogens is 428 g/mol. The number of carbonyl (C=O) groups excluding carboxylic acids is 1. The Balaban J connectivity index is 1.80. The van der Waals surface area contributed by atoms with E-state index in [0.29, 0.717) is 21.8 Å². The molecule has 0 bridgehead atoms. The number of rotatable bonds is 5. The summed E-state index contributed by atoms with van der Waals surface area (Å²) < 4.78 is 5.23. The van der Waals surface area contributed by atoms with Crippen LogP contribution in [0.1, 0.15) is 26.3 Å². The van der Waals surface area contributed by atoms with Gasteiger partial charge in [0.1, 0.15) is 18.2 Å². The topological polar surface area (TPSA) is 101 Å². The maximum atomic E-state index is 11.9. The average Bonchev–Trinajstić information content (AvgIpc) is 2.72. The molecule has 32 heavy (non-hydrogen) atoms. The number of alkyl carbamates (subject to hydrolysis) is 1. The molecule has 0 aliphatic rings. The first-order chi connectivity index (χ1) is 15.0. The lowest BCUT2D eigenvalue weighted by atomic mass is 10.1. The van der Waals surface area contributed by atoms with E-state index in [0.717, 1.165) is 11.4 Å². The Morgan fingerprint density at radius 1 is 1.12 bits per heavy atom. The molecule has 0 saturated heterocycles. The Kier molecular flexibility index (Phi) is 6.79. The SMILES string of the molecule is CN(c1ccc(Cl)cc1)c1ccc(O)c(-c2ccc(COC(=O)NC(C)(C)C)c(N)n2)c1. The molecule has 4 N–H and O–H groups in total. The van der Waals surface area contributed by atoms with Crippen molar-refractivity contribution < 1.29 is 14.6 Å². The van der Waals surface area contributed by atoms with Crippen LogP contribution < -0.4 is 16.0 Å². The van der Waals surface area contributed by atoms with Crippen LogP contribution in [0, 0.1) is 0 Å². The number of aromatic hydroxyl groups is 1. The number of ether oxygens (including phenoxy) is 1. The molecule has 0 fully saturated rings. The lowest BCUT2D eigenvalue weighted by molar-refractivity contribution is 0.131. The highest BCUT2D eigenvalue weighted by molar-refractivity contribution is 6.30. The summed E-state index contributed by atoms with van der Waals surface area (Å²) in [7, 11) is 1.92. The van der Waals surface area contributed by atoms with Crippen molar-refractivity contribution in [2.24, 2.45) is 0 Å². The molecular formula is C24H27ClN4O3. The number of anilines is 3. The number of nitrogens with two attached hydrogens (primary N) is 1. The summed E-state index contributed by atoms with van der Waals surface area (Å²) in [6.45, 7) is 5.59. The van der Waals surface area contributed by atoms with E-state index in [1.165, 1.54) is 0 Å². The molecule has 1 aromatic heterocycles. The van der Waals surface area contributed by atoms with E-state index in [9.17, 15) is 9.90 Å². The van der Waals surface area contributed by atoms with Crippen LogP contribution in [0.3, 0.4) is 0 Å². The van der Waals surface area contributed by atoms with Gasteiger partial charge in [0, 0.05) is 40.1 Å². The zero-order valence-corrected chi connectivity index (χ0v) is 19.3. The second-order valence-corrected chi connectivity index (χ2v) is 8.87. The zero-order chi connectivity index (χ0) is 23.5. The first-order valence-electron chi connectivity index (χ1n) is 10.1. The van der Waals surface area contributed by atoms with Crippen LogP contribution in [0.2, 0.25) is 5.02 Å². The summed E-state index contributed by atoms with van der Waals surface area (Å²) in [5.74, 6) is 0.306. The minimum Gasteiger partial charge on any atom is -0.507 e. The van der Waals surface area contributed by atoms with Crippen molar-refractivity contribution in [2.45, 2.75) is 32.9 Å². The molecule has 8 heteroatoms. The van der Waals surface area contributed by atoms with Crippen molar-refractivity contribution in [3.8, 4) is 17.0 Å². The molecule has 7 nitrogen and oxygen atoms in total. The summed E-state index contributed by atoms with van der Waals surface area (Å²) >= 11 is 5.98. The number of nitrogen functional groups attached to an aromatic ring is 1. The van der Waals surface area contributed by atoms with E-state index in [-0.39, 0.29) is 18.2 Å². The van der Waals surface area contributed by atoms with Crippen molar-refractivity contribution in [3.63, 3.8) is 0 Å². The quantitative estimate of drug-likeness (QED) is 0.471. The van der Waals surface area contributed by atoms with Gasteiger partial charge in [0.05, 0.1) is 5.69 Å². The monoisotopic (exact) mass is 454 g/mol. The van der Waals surface area contributed by atoms with Gasteiger partial charge in [-0.3, -0.25) is 0 Å². The highest BCUT2D eigenvalue weighted by atomic mass is 35.5. The number of hydrogen-bond donors (Lipinski definition) is 3. The number of nitrogens with one attached hydrogen (secondary N) is 1. The normalized spacial score (nSPS) is 11.2. The number of amides is 1. The molecule has 3 rings (SSSR count). The minimum absolute atomic E-state index is 0.00759. The summed E-state index contributed by atoms with van der Waals surface area (Å²) in [6.07, 6.45) is -0.531. The van der Waals surface area contributed by atoms with Gasteiger partial charge in [-0.1, -0.05) is 11.6 Å². The maximum absolute atomic E-state index is 11.9. The number of pyridine rings is 1. The third kappa shape index (κ3) is 5.82. The average molecular weight is 455 g/mol. The van der Waals surface area contributed by atoms with Crippen molar-refractivity contribution in [1.29, 1.82) is 0 Å². The number of nitrogens with zero attached hydrogens (tertiary/aromatic N) is 2. The van der Waals surface area contributed by atoms with Gasteiger partial charge in [-0.2, -0.15) is 0 Å². The van der Waals surface area contributed by atoms with E-state index in [2.05, 4.69) is 10.3 Å². The van der Waals surface area contributed by atoms with Crippen LogP contribution in [-0.4, -0.2) is 28.8 Å². The van der Waals surface area contributed by atoms with Gasteiger partial charge in [0.2, 0.25) is 0 Å². The molecule has 0 unspecified atom stereocenters. The lowest BCUT2D eigenvalue weighted by Crippen LogP contribution is -2.40. The van der Waals surface area contributed by atoms with Crippen LogP contribution in [0.4, 0.5) is 22.0 Å². The fourth-order valence-electron chi connectivity index (χ4n) is 3.01. The molecule has 0 radical (unpaired) electrons. The van der Waals surface area contributed by atoms with Crippen molar-refractivity contribution in [2.75, 3.05) is 17.7 Å². The molecule has 3 aromatic rings. The van der Waals surface area contributed by atoms with E-state index >= 15 is 0 Å². The minimum atomic E-state index is -0.531. The largest absolute Gasteiger partial charge is 0.507 e. The molecule has 1 heterocycles. The predicted molar refractivity (Wildman–Crippen MR) is 128 cm³/mol. The lowest BCUT2D eigenvalue weighted by Gasteiger charge is -2.21. The first kappa shape index (κ1) is 23.2. The number of carbonyl (C=O) groups is 1. The molecule has 0 spiro atoms. The van der Waals surface area contributed by atoms with Gasteiger partial charge < -0.3 is 25.8 Å². The van der Waals surface area contributed by atoms with Crippen LogP contribution in [0.25, 0.3) is 11.3 Å². The first-order valence-corrected chi connectivity index (χ1v) is 10.4. The molecule has 168 valence electrons. The molecule has 0 atom stereocenters. The molecule has 2 aromatic carbocycles. The second-order valence-electron chi connectivity index (χ2n) is 8.43. The maximum Gasteiger partial charge on any atom is 0.407 e. The van der Waals surface area contributed by atoms with E-state index < -0.39 is 11.6 Å². The molecule has 1 amide bonds. The Labute approximate surface area is 192 Å². The number of phenolic OH excluding ortho intramolecular Hbond substituents is 1. The third-order valence-corrected chi connectivity index (χ3v) is 4.96. The number of hydrogen-bond acceptors (Lipinski definition) is 6. The Hall–Kier alpha value is -3.45. The highest BCUT2D eigenvalue weighted by Gasteiger charge is 2.16. The van der Waals surface area contributed by atoms with Gasteiger partial charge >= 0.3 is 6.09 Å². The third-order valence-electron chi connectivity index (χ3n) is 4.71. The Morgan fingerprint density at radius 2 is 1.78 bits per heavy atom. The smallest absolute Gasteiger partial charge is 0.407 e. The number of halogens is 1. The summed E-state index contributed by atoms with van der Waals surface area (Å²) in [5, 5.41) is 13.8. The molecule has 0 aliphatic heterocycles. The Morgan fingerprint density at radius 3 is 2.41 bits per heavy atom. The van der Waals surface area contributed by atoms with Gasteiger partial charge in [0.25, 0.3) is 0 Å². The zero-order valence-electron chi connectivity index (χ0n) is 18.5. The predicted octanol–water partition coefficient (Wildman–Crippen LogP) is 5.48. The number of phenols is 1. The fourth-order valence-corrected chi connectivity index (χ4v) is 3.14. The molecule has 0 saturated carbocycles. The Bertz CT molecular complexity index is 1110. The summed E-state index contributed by atoms with van der Waals surface area (Å²) in [5.41, 5.74) is 9.12. The van der Waals surface area contributed by atoms with Crippen LogP contribution >= 0.6 is 11.6 Å². The fraction of sp³-hybridized carbons (Fsp3) is 0.250. The van der Waals surface area contributed by atoms with Gasteiger partial charge in [-0.15, -0.1) is 0 Å². The standard InChI is InChI=1S/C24H27ClN4O3/c1-24(2,3)28-23(31)32-14-15-5-11-20(27-22(15)26)19-13-18(10-12-21(19)30)29(4)17-8-6-16(25)7-9-17/h5-13,30H,14H2,1-4H3,(H2,26,27)(H,28,31). The van der Waals surface area contributed by atoms with Gasteiger partial charge in [0.15, 0.2) is 0 Å². The van der Waals surface area contributed by atoms with E-state index in [1.54, 1.807) is 18.2 Å². The van der Waals surface area contributed by atoms with Gasteiger partial charge in [-0.25, -0.2) is 9.78 Å². The van der Waals surface area contributed by atoms with Crippen LogP contribution in [0.15, 0.2) is 54.6 Å². The van der Waals surface area contributed by atoms with Crippen LogP contribution in [0.5, 0.6) is 5.75 Å². The van der Waals surface area contributed by atoms with Crippen molar-refractivity contribution in [3.05, 3.63) is 65.2 Å². The van der Waals surface area contributed by atoms with Crippen molar-refractivity contribution in [1.82, 2.24) is 10.3 Å². The summed E-state index contributed by atoms with van der Waals surface area (Å²) in [4.78, 5) is 18.3. The van der Waals surface area contributed by atoms with Gasteiger partial charge in [-0.05, 0) is 75.4 Å². The molecule has 0 aliphatic carbocycles. The number of benzene rings is 2. The second kappa shape index (κ2) is 9.36. The highest BCUT2D eigenvalue weighted by Crippen LogP contribution is 2.35. The summed E-state index contributed by atoms with van der Waals surface area (Å²) in [6, 6.07) is 16.2. The number of aromatic nitrogens is 1. The van der Waals surface area contributed by atoms with Crippen molar-refractivity contribution >= 4 is 34.9 Å². The van der Waals surface area contributed by atoms with Crippen LogP contribution in [-0.2, 0) is 11.3 Å².